The largest absolute Gasteiger partial charge is 0.309 e. The van der Waals surface area contributed by atoms with E-state index in [0.717, 1.165) is 50.3 Å². The Balaban J connectivity index is 1.11. The molecule has 5 heteroatoms. The lowest BCUT2D eigenvalue weighted by atomic mass is 10.0. The monoisotopic (exact) mass is 599 g/mol. The fourth-order valence-corrected chi connectivity index (χ4v) is 6.98. The molecule has 0 saturated heterocycles. The Labute approximate surface area is 270 Å². The minimum absolute atomic E-state index is 0.646. The Hall–Kier alpha value is -6.46. The summed E-state index contributed by atoms with van der Waals surface area (Å²) in [6, 6.07) is 52.8. The summed E-state index contributed by atoms with van der Waals surface area (Å²) in [5.74, 6) is 1.30. The van der Waals surface area contributed by atoms with Gasteiger partial charge in [0.2, 0.25) is 0 Å². The Morgan fingerprint density at radius 1 is 0.362 bits per heavy atom. The van der Waals surface area contributed by atoms with Crippen LogP contribution in [0.3, 0.4) is 0 Å². The van der Waals surface area contributed by atoms with Crippen molar-refractivity contribution < 1.29 is 0 Å². The first-order valence-electron chi connectivity index (χ1n) is 15.7. The zero-order chi connectivity index (χ0) is 30.9. The van der Waals surface area contributed by atoms with Crippen molar-refractivity contribution in [1.29, 1.82) is 0 Å². The van der Waals surface area contributed by atoms with Crippen molar-refractivity contribution in [3.05, 3.63) is 152 Å². The number of rotatable bonds is 4. The highest BCUT2D eigenvalue weighted by Crippen LogP contribution is 2.45. The number of hydrogen-bond acceptors (Lipinski definition) is 4. The first kappa shape index (κ1) is 25.8. The van der Waals surface area contributed by atoms with Crippen molar-refractivity contribution in [2.75, 3.05) is 0 Å². The Bertz CT molecular complexity index is 2600. The molecule has 0 N–H and O–H groups in total. The summed E-state index contributed by atoms with van der Waals surface area (Å²) in [7, 11) is 0. The van der Waals surface area contributed by atoms with Crippen molar-refractivity contribution in [1.82, 2.24) is 24.5 Å². The lowest BCUT2D eigenvalue weighted by molar-refractivity contribution is 1.15. The van der Waals surface area contributed by atoms with Crippen LogP contribution < -0.4 is 0 Å². The summed E-state index contributed by atoms with van der Waals surface area (Å²) < 4.78 is 2.32. The van der Waals surface area contributed by atoms with Gasteiger partial charge < -0.3 is 4.57 Å². The molecule has 0 radical (unpaired) electrons. The number of para-hydroxylation sites is 2. The van der Waals surface area contributed by atoms with E-state index in [1.165, 1.54) is 27.4 Å². The second kappa shape index (κ2) is 10.0. The van der Waals surface area contributed by atoms with Gasteiger partial charge in [-0.25, -0.2) is 19.9 Å². The molecule has 218 valence electrons. The Morgan fingerprint density at radius 2 is 0.809 bits per heavy atom. The molecule has 6 aromatic carbocycles. The van der Waals surface area contributed by atoms with Crippen LogP contribution in [0.15, 0.2) is 152 Å². The average Bonchev–Trinajstić information content (AvgIpc) is 3.65. The van der Waals surface area contributed by atoms with Gasteiger partial charge in [0.15, 0.2) is 17.3 Å². The summed E-state index contributed by atoms with van der Waals surface area (Å²) in [5.41, 5.74) is 12.2. The summed E-state index contributed by atoms with van der Waals surface area (Å²) in [6.07, 6.45) is 0. The van der Waals surface area contributed by atoms with E-state index in [9.17, 15) is 0 Å². The van der Waals surface area contributed by atoms with Gasteiger partial charge in [0.05, 0.1) is 27.8 Å². The highest BCUT2D eigenvalue weighted by molar-refractivity contribution is 6.11. The molecule has 1 aliphatic carbocycles. The number of benzene rings is 6. The smallest absolute Gasteiger partial charge is 0.168 e. The van der Waals surface area contributed by atoms with Gasteiger partial charge in [-0.05, 0) is 47.5 Å². The van der Waals surface area contributed by atoms with Crippen molar-refractivity contribution in [2.45, 2.75) is 0 Å². The number of aromatic nitrogens is 5. The minimum Gasteiger partial charge on any atom is -0.309 e. The normalized spacial score (nSPS) is 11.8. The fourth-order valence-electron chi connectivity index (χ4n) is 6.98. The SMILES string of the molecule is c1ccc(-c2ccc(-c3nc4c5c(nc(-c6ccc(-n7c8ccccc8c8ccccc87)cc6)nc5n3)-c3ccccc3-4)cc2)cc1. The fraction of sp³-hybridized carbons (Fsp3) is 0. The van der Waals surface area contributed by atoms with Crippen LogP contribution in [0.2, 0.25) is 0 Å². The maximum Gasteiger partial charge on any atom is 0.168 e. The third-order valence-electron chi connectivity index (χ3n) is 9.21. The zero-order valence-electron chi connectivity index (χ0n) is 25.2. The van der Waals surface area contributed by atoms with Crippen LogP contribution in [0.1, 0.15) is 0 Å². The van der Waals surface area contributed by atoms with E-state index in [1.807, 2.05) is 6.07 Å². The van der Waals surface area contributed by atoms with Crippen LogP contribution in [-0.2, 0) is 0 Å². The molecule has 0 bridgehead atoms. The predicted molar refractivity (Wildman–Crippen MR) is 190 cm³/mol. The van der Waals surface area contributed by atoms with E-state index in [1.54, 1.807) is 0 Å². The van der Waals surface area contributed by atoms with Crippen molar-refractivity contribution >= 4 is 32.8 Å². The van der Waals surface area contributed by atoms with E-state index in [0.29, 0.717) is 17.3 Å². The van der Waals surface area contributed by atoms with Crippen LogP contribution in [-0.4, -0.2) is 24.5 Å². The molecule has 0 atom stereocenters. The molecule has 10 rings (SSSR count). The highest BCUT2D eigenvalue weighted by Gasteiger charge is 2.27. The van der Waals surface area contributed by atoms with Gasteiger partial charge in [0.1, 0.15) is 0 Å². The molecule has 0 aliphatic heterocycles. The molecule has 0 amide bonds. The average molecular weight is 600 g/mol. The van der Waals surface area contributed by atoms with E-state index in [4.69, 9.17) is 19.9 Å². The molecule has 9 aromatic rings. The quantitative estimate of drug-likeness (QED) is 0.202. The molecular formula is C42H25N5. The Kier molecular flexibility index (Phi) is 5.51. The number of hydrogen-bond donors (Lipinski definition) is 0. The van der Waals surface area contributed by atoms with Crippen LogP contribution in [0.25, 0.3) is 94.9 Å². The first-order chi connectivity index (χ1) is 23.3. The number of fused-ring (bicyclic) bond motifs is 6. The highest BCUT2D eigenvalue weighted by atomic mass is 15.0. The van der Waals surface area contributed by atoms with Gasteiger partial charge in [-0.2, -0.15) is 0 Å². The molecule has 3 heterocycles. The van der Waals surface area contributed by atoms with Crippen molar-refractivity contribution in [3.8, 4) is 62.1 Å². The molecule has 0 fully saturated rings. The molecule has 47 heavy (non-hydrogen) atoms. The van der Waals surface area contributed by atoms with Crippen LogP contribution in [0.4, 0.5) is 0 Å². The van der Waals surface area contributed by atoms with E-state index >= 15 is 0 Å². The lowest BCUT2D eigenvalue weighted by Crippen LogP contribution is -1.99. The summed E-state index contributed by atoms with van der Waals surface area (Å²) in [6.45, 7) is 0. The maximum absolute atomic E-state index is 5.13. The van der Waals surface area contributed by atoms with E-state index < -0.39 is 0 Å². The van der Waals surface area contributed by atoms with Gasteiger partial charge in [-0.3, -0.25) is 0 Å². The number of nitrogens with zero attached hydrogens (tertiary/aromatic N) is 5. The molecule has 5 nitrogen and oxygen atoms in total. The van der Waals surface area contributed by atoms with Gasteiger partial charge >= 0.3 is 0 Å². The summed E-state index contributed by atoms with van der Waals surface area (Å²) >= 11 is 0. The molecule has 0 spiro atoms. The van der Waals surface area contributed by atoms with Crippen LogP contribution in [0, 0.1) is 0 Å². The predicted octanol–water partition coefficient (Wildman–Crippen LogP) is 10.2. The molecular weight excluding hydrogens is 574 g/mol. The molecule has 3 aromatic heterocycles. The van der Waals surface area contributed by atoms with Crippen molar-refractivity contribution in [3.63, 3.8) is 0 Å². The van der Waals surface area contributed by atoms with E-state index in [2.05, 4.69) is 150 Å². The molecule has 1 aliphatic rings. The zero-order valence-corrected chi connectivity index (χ0v) is 25.2. The van der Waals surface area contributed by atoms with E-state index in [-0.39, 0.29) is 0 Å². The lowest BCUT2D eigenvalue weighted by Gasteiger charge is -2.10. The van der Waals surface area contributed by atoms with Crippen molar-refractivity contribution in [2.24, 2.45) is 0 Å². The third kappa shape index (κ3) is 3.97. The topological polar surface area (TPSA) is 56.5 Å². The Morgan fingerprint density at radius 3 is 1.38 bits per heavy atom. The summed E-state index contributed by atoms with van der Waals surface area (Å²) in [4.78, 5) is 20.3. The van der Waals surface area contributed by atoms with Gasteiger partial charge in [0, 0.05) is 38.7 Å². The van der Waals surface area contributed by atoms with Gasteiger partial charge in [0.25, 0.3) is 0 Å². The second-order valence-corrected chi connectivity index (χ2v) is 11.9. The minimum atomic E-state index is 0.646. The third-order valence-corrected chi connectivity index (χ3v) is 9.21. The molecule has 0 saturated carbocycles. The first-order valence-corrected chi connectivity index (χ1v) is 15.7. The maximum atomic E-state index is 5.13. The summed E-state index contributed by atoms with van der Waals surface area (Å²) in [5, 5.41) is 3.39. The van der Waals surface area contributed by atoms with Crippen LogP contribution in [0.5, 0.6) is 0 Å². The standard InChI is InChI=1S/C42H25N5/c1-2-10-26(11-3-1)27-18-20-28(21-19-27)40-43-38-33-14-4-5-15-34(33)39-37(38)42(45-40)46-41(44-39)29-22-24-30(25-23-29)47-35-16-8-6-12-31(35)32-13-7-9-17-36(32)47/h1-25H. The molecule has 0 unspecified atom stereocenters. The van der Waals surface area contributed by atoms with Gasteiger partial charge in [-0.1, -0.05) is 115 Å². The van der Waals surface area contributed by atoms with Crippen LogP contribution >= 0.6 is 0 Å². The second-order valence-electron chi connectivity index (χ2n) is 11.9. The van der Waals surface area contributed by atoms with Gasteiger partial charge in [-0.15, -0.1) is 0 Å².